The van der Waals surface area contributed by atoms with Crippen LogP contribution >= 0.6 is 0 Å². The van der Waals surface area contributed by atoms with Crippen LogP contribution < -0.4 is 0 Å². The van der Waals surface area contributed by atoms with Crippen LogP contribution in [0.4, 0.5) is 0 Å². The highest BCUT2D eigenvalue weighted by molar-refractivity contribution is 6.01. The largest absolute Gasteiger partial charge is 0.553 e. The van der Waals surface area contributed by atoms with E-state index < -0.39 is 0 Å². The minimum Gasteiger partial charge on any atom is -0.553 e. The maximum Gasteiger partial charge on any atom is 0.204 e. The van der Waals surface area contributed by atoms with Gasteiger partial charge in [0.2, 0.25) is 10.5 Å². The summed E-state index contributed by atoms with van der Waals surface area (Å²) in [5.41, 5.74) is 1.07. The Bertz CT molecular complexity index is 218. The average molecular weight is 150 g/mol. The summed E-state index contributed by atoms with van der Waals surface area (Å²) in [7, 11) is 0.708. The lowest BCUT2D eigenvalue weighted by Gasteiger charge is -2.02. The summed E-state index contributed by atoms with van der Waals surface area (Å²) in [6.45, 7) is 3.76. The van der Waals surface area contributed by atoms with Crippen molar-refractivity contribution in [2.75, 3.05) is 0 Å². The van der Waals surface area contributed by atoms with Gasteiger partial charge in [0.05, 0.1) is 0 Å². The summed E-state index contributed by atoms with van der Waals surface area (Å²) in [6, 6.07) is 9.90. The van der Waals surface area contributed by atoms with E-state index in [2.05, 4.69) is 6.58 Å². The van der Waals surface area contributed by atoms with E-state index in [9.17, 15) is 0 Å². The predicted molar refractivity (Wildman–Crippen MR) is 46.5 cm³/mol. The number of hydrogen-bond donors (Lipinski definition) is 0. The van der Waals surface area contributed by atoms with E-state index in [1.807, 2.05) is 30.3 Å². The molecule has 0 saturated heterocycles. The van der Waals surface area contributed by atoms with Gasteiger partial charge in [0.25, 0.3) is 0 Å². The Morgan fingerprint density at radius 3 is 2.40 bits per heavy atom. The van der Waals surface area contributed by atoms with Crippen molar-refractivity contribution in [3.63, 3.8) is 0 Å². The van der Waals surface area contributed by atoms with Gasteiger partial charge >= 0.3 is 0 Å². The third-order valence-corrected chi connectivity index (χ3v) is 1.83. The molecule has 0 amide bonds. The first-order valence-electron chi connectivity index (χ1n) is 3.13. The van der Waals surface area contributed by atoms with Crippen LogP contribution in [0.15, 0.2) is 36.9 Å². The van der Waals surface area contributed by atoms with Crippen molar-refractivity contribution < 1.29 is 4.43 Å². The molecule has 0 aliphatic carbocycles. The van der Waals surface area contributed by atoms with Crippen LogP contribution in [0.25, 0.3) is 5.76 Å². The van der Waals surface area contributed by atoms with Crippen LogP contribution in [-0.4, -0.2) is 10.5 Å². The summed E-state index contributed by atoms with van der Waals surface area (Å²) in [6.07, 6.45) is 0. The Labute approximate surface area is 63.9 Å². The molecular weight excluding hydrogens is 140 g/mol. The van der Waals surface area contributed by atoms with Crippen molar-refractivity contribution in [3.8, 4) is 0 Å². The summed E-state index contributed by atoms with van der Waals surface area (Å²) < 4.78 is 5.08. The van der Waals surface area contributed by atoms with E-state index >= 15 is 0 Å². The molecule has 0 saturated carbocycles. The van der Waals surface area contributed by atoms with Gasteiger partial charge in [-0.05, 0) is 0 Å². The SMILES string of the molecule is C=C(O[SiH3])c1ccccc1. The van der Waals surface area contributed by atoms with Gasteiger partial charge in [-0.3, -0.25) is 0 Å². The second-order valence-corrected chi connectivity index (χ2v) is 2.40. The van der Waals surface area contributed by atoms with Gasteiger partial charge in [0, 0.05) is 5.56 Å². The van der Waals surface area contributed by atoms with Crippen LogP contribution in [0, 0.1) is 0 Å². The highest BCUT2D eigenvalue weighted by atomic mass is 28.2. The first kappa shape index (κ1) is 7.09. The molecule has 0 N–H and O–H groups in total. The normalized spacial score (nSPS) is 9.20. The van der Waals surface area contributed by atoms with Crippen molar-refractivity contribution in [1.82, 2.24) is 0 Å². The second kappa shape index (κ2) is 3.22. The molecule has 1 rings (SSSR count). The van der Waals surface area contributed by atoms with Gasteiger partial charge in [0.1, 0.15) is 5.76 Å². The Hall–Kier alpha value is -1.02. The summed E-state index contributed by atoms with van der Waals surface area (Å²) in [4.78, 5) is 0. The van der Waals surface area contributed by atoms with Crippen LogP contribution in [0.2, 0.25) is 0 Å². The van der Waals surface area contributed by atoms with Crippen molar-refractivity contribution in [2.45, 2.75) is 0 Å². The Morgan fingerprint density at radius 1 is 1.30 bits per heavy atom. The quantitative estimate of drug-likeness (QED) is 0.450. The van der Waals surface area contributed by atoms with Crippen LogP contribution in [0.5, 0.6) is 0 Å². The van der Waals surface area contributed by atoms with Crippen molar-refractivity contribution in [1.29, 1.82) is 0 Å². The fraction of sp³-hybridized carbons (Fsp3) is 0. The molecule has 52 valence electrons. The molecule has 0 atom stereocenters. The fourth-order valence-corrected chi connectivity index (χ4v) is 0.978. The van der Waals surface area contributed by atoms with Crippen molar-refractivity contribution in [3.05, 3.63) is 42.5 Å². The van der Waals surface area contributed by atoms with E-state index in [1.54, 1.807) is 0 Å². The minimum absolute atomic E-state index is 0.708. The fourth-order valence-electron chi connectivity index (χ4n) is 0.742. The lowest BCUT2D eigenvalue weighted by atomic mass is 10.2. The lowest BCUT2D eigenvalue weighted by Crippen LogP contribution is -1.84. The Morgan fingerprint density at radius 2 is 1.90 bits per heavy atom. The third kappa shape index (κ3) is 1.48. The zero-order valence-corrected chi connectivity index (χ0v) is 8.00. The third-order valence-electron chi connectivity index (χ3n) is 1.34. The predicted octanol–water partition coefficient (Wildman–Crippen LogP) is 0.954. The van der Waals surface area contributed by atoms with Crippen LogP contribution in [0.1, 0.15) is 5.56 Å². The van der Waals surface area contributed by atoms with Gasteiger partial charge in [-0.25, -0.2) is 0 Å². The van der Waals surface area contributed by atoms with E-state index in [-0.39, 0.29) is 0 Å². The molecule has 0 bridgehead atoms. The number of hydrogen-bond acceptors (Lipinski definition) is 1. The molecule has 0 heterocycles. The molecule has 0 aliphatic rings. The van der Waals surface area contributed by atoms with Crippen LogP contribution in [-0.2, 0) is 4.43 Å². The minimum atomic E-state index is 0.708. The van der Waals surface area contributed by atoms with Crippen molar-refractivity contribution >= 4 is 16.2 Å². The smallest absolute Gasteiger partial charge is 0.204 e. The van der Waals surface area contributed by atoms with Gasteiger partial charge in [-0.2, -0.15) is 0 Å². The van der Waals surface area contributed by atoms with Crippen molar-refractivity contribution in [2.24, 2.45) is 0 Å². The topological polar surface area (TPSA) is 9.23 Å². The second-order valence-electron chi connectivity index (χ2n) is 1.99. The van der Waals surface area contributed by atoms with E-state index in [0.29, 0.717) is 10.5 Å². The molecule has 10 heavy (non-hydrogen) atoms. The zero-order chi connectivity index (χ0) is 7.40. The molecule has 0 aliphatic heterocycles. The zero-order valence-electron chi connectivity index (χ0n) is 6.00. The highest BCUT2D eigenvalue weighted by Crippen LogP contribution is 2.10. The molecule has 2 heteroatoms. The molecule has 0 aromatic heterocycles. The summed E-state index contributed by atoms with van der Waals surface area (Å²) in [5.74, 6) is 0.771. The average Bonchev–Trinajstić information content (AvgIpc) is 2.05. The first-order valence-corrected chi connectivity index (χ1v) is 3.94. The van der Waals surface area contributed by atoms with E-state index in [4.69, 9.17) is 4.43 Å². The van der Waals surface area contributed by atoms with Gasteiger partial charge in [0.15, 0.2) is 0 Å². The molecule has 0 fully saturated rings. The number of benzene rings is 1. The first-order chi connectivity index (χ1) is 4.84. The summed E-state index contributed by atoms with van der Waals surface area (Å²) in [5, 5.41) is 0. The molecule has 1 aromatic carbocycles. The molecular formula is C8H10OSi. The maximum absolute atomic E-state index is 5.08. The van der Waals surface area contributed by atoms with Crippen LogP contribution in [0.3, 0.4) is 0 Å². The monoisotopic (exact) mass is 150 g/mol. The van der Waals surface area contributed by atoms with Gasteiger partial charge in [-0.1, -0.05) is 36.9 Å². The van der Waals surface area contributed by atoms with Gasteiger partial charge in [-0.15, -0.1) is 0 Å². The Kier molecular flexibility index (Phi) is 2.28. The summed E-state index contributed by atoms with van der Waals surface area (Å²) >= 11 is 0. The molecule has 1 nitrogen and oxygen atoms in total. The molecule has 0 unspecified atom stereocenters. The van der Waals surface area contributed by atoms with E-state index in [0.717, 1.165) is 11.3 Å². The lowest BCUT2D eigenvalue weighted by molar-refractivity contribution is 0.574. The molecule has 1 aromatic rings. The van der Waals surface area contributed by atoms with E-state index in [1.165, 1.54) is 0 Å². The number of rotatable bonds is 2. The highest BCUT2D eigenvalue weighted by Gasteiger charge is 1.92. The Balaban J connectivity index is 2.85. The molecule has 0 radical (unpaired) electrons. The maximum atomic E-state index is 5.08. The standard InChI is InChI=1S/C8H10OSi/c1-7(9-10)8-5-3-2-4-6-8/h2-6H,1H2,10H3. The van der Waals surface area contributed by atoms with Gasteiger partial charge < -0.3 is 4.43 Å². The molecule has 0 spiro atoms.